The summed E-state index contributed by atoms with van der Waals surface area (Å²) in [6, 6.07) is 8.05. The van der Waals surface area contributed by atoms with Gasteiger partial charge in [0, 0.05) is 22.9 Å². The molecule has 2 aromatic rings. The van der Waals surface area contributed by atoms with E-state index in [-0.39, 0.29) is 11.8 Å². The van der Waals surface area contributed by atoms with Gasteiger partial charge in [0.1, 0.15) is 5.82 Å². The van der Waals surface area contributed by atoms with Crippen LogP contribution in [-0.2, 0) is 4.79 Å². The lowest BCUT2D eigenvalue weighted by Crippen LogP contribution is -2.64. The molecule has 2 N–H and O–H groups in total. The highest BCUT2D eigenvalue weighted by Gasteiger charge is 2.49. The fourth-order valence-corrected chi connectivity index (χ4v) is 5.01. The summed E-state index contributed by atoms with van der Waals surface area (Å²) in [4.78, 5) is 28.8. The first-order valence-electron chi connectivity index (χ1n) is 9.99. The maximum absolute atomic E-state index is 13.2. The van der Waals surface area contributed by atoms with Gasteiger partial charge >= 0.3 is 0 Å². The van der Waals surface area contributed by atoms with E-state index in [2.05, 4.69) is 5.32 Å². The van der Waals surface area contributed by atoms with Crippen LogP contribution in [0.3, 0.4) is 0 Å². The van der Waals surface area contributed by atoms with Crippen LogP contribution in [0.25, 0.3) is 0 Å². The number of amides is 2. The highest BCUT2D eigenvalue weighted by Crippen LogP contribution is 2.41. The lowest BCUT2D eigenvalue weighted by Gasteiger charge is -2.50. The molecule has 7 heteroatoms. The maximum Gasteiger partial charge on any atom is 0.251 e. The predicted molar refractivity (Wildman–Crippen MR) is 109 cm³/mol. The minimum Gasteiger partial charge on any atom is -0.388 e. The number of carbonyl (C=O) groups is 2. The van der Waals surface area contributed by atoms with Crippen molar-refractivity contribution in [2.45, 2.75) is 50.3 Å². The molecule has 3 unspecified atom stereocenters. The Morgan fingerprint density at radius 1 is 1.24 bits per heavy atom. The molecule has 0 radical (unpaired) electrons. The van der Waals surface area contributed by atoms with Crippen molar-refractivity contribution in [1.29, 1.82) is 0 Å². The summed E-state index contributed by atoms with van der Waals surface area (Å²) >= 11 is 1.51. The smallest absolute Gasteiger partial charge is 0.251 e. The second kappa shape index (κ2) is 7.88. The first-order valence-corrected chi connectivity index (χ1v) is 10.9. The molecule has 1 aromatic carbocycles. The lowest BCUT2D eigenvalue weighted by molar-refractivity contribution is -0.149. The van der Waals surface area contributed by atoms with Crippen molar-refractivity contribution in [1.82, 2.24) is 10.2 Å². The molecule has 2 heterocycles. The van der Waals surface area contributed by atoms with Crippen LogP contribution in [-0.4, -0.2) is 40.0 Å². The first-order chi connectivity index (χ1) is 13.9. The van der Waals surface area contributed by atoms with Crippen LogP contribution in [0.4, 0.5) is 4.39 Å². The minimum absolute atomic E-state index is 0.0361. The fraction of sp³-hybridized carbons (Fsp3) is 0.455. The second-order valence-electron chi connectivity index (χ2n) is 8.18. The Bertz CT molecular complexity index is 878. The van der Waals surface area contributed by atoms with Gasteiger partial charge in [-0.05, 0) is 61.9 Å². The molecular formula is C22H25FN2O3S. The zero-order valence-electron chi connectivity index (χ0n) is 16.3. The van der Waals surface area contributed by atoms with Crippen LogP contribution in [0.2, 0.25) is 0 Å². The van der Waals surface area contributed by atoms with Crippen molar-refractivity contribution in [3.8, 4) is 0 Å². The van der Waals surface area contributed by atoms with Crippen molar-refractivity contribution in [3.63, 3.8) is 0 Å². The zero-order valence-corrected chi connectivity index (χ0v) is 17.1. The van der Waals surface area contributed by atoms with E-state index in [0.29, 0.717) is 18.5 Å². The quantitative estimate of drug-likeness (QED) is 0.801. The average molecular weight is 417 g/mol. The number of hydrogen-bond donors (Lipinski definition) is 2. The Morgan fingerprint density at radius 2 is 1.97 bits per heavy atom. The first kappa shape index (κ1) is 20.0. The second-order valence-corrected chi connectivity index (χ2v) is 9.16. The van der Waals surface area contributed by atoms with Crippen molar-refractivity contribution in [2.24, 2.45) is 5.92 Å². The summed E-state index contributed by atoms with van der Waals surface area (Å²) in [7, 11) is 0. The normalized spacial score (nSPS) is 27.3. The van der Waals surface area contributed by atoms with E-state index in [1.54, 1.807) is 6.92 Å². The molecular weight excluding hydrogens is 391 g/mol. The largest absolute Gasteiger partial charge is 0.388 e. The van der Waals surface area contributed by atoms with Gasteiger partial charge in [-0.2, -0.15) is 0 Å². The van der Waals surface area contributed by atoms with Gasteiger partial charge < -0.3 is 15.3 Å². The molecule has 0 bridgehead atoms. The fourth-order valence-electron chi connectivity index (χ4n) is 4.14. The van der Waals surface area contributed by atoms with Gasteiger partial charge in [-0.15, -0.1) is 11.3 Å². The predicted octanol–water partition coefficient (Wildman–Crippen LogP) is 3.51. The molecule has 2 fully saturated rings. The number of halogens is 1. The summed E-state index contributed by atoms with van der Waals surface area (Å²) in [5.74, 6) is -0.671. The monoisotopic (exact) mass is 416 g/mol. The molecule has 29 heavy (non-hydrogen) atoms. The number of hydrogen-bond acceptors (Lipinski definition) is 4. The summed E-state index contributed by atoms with van der Waals surface area (Å²) < 4.78 is 13.2. The van der Waals surface area contributed by atoms with Gasteiger partial charge in [-0.3, -0.25) is 9.59 Å². The molecule has 3 atom stereocenters. The number of thiophene rings is 1. The van der Waals surface area contributed by atoms with Gasteiger partial charge in [0.05, 0.1) is 17.7 Å². The van der Waals surface area contributed by atoms with Gasteiger partial charge in [0.25, 0.3) is 5.91 Å². The number of nitrogens with one attached hydrogen (secondary N) is 1. The van der Waals surface area contributed by atoms with Crippen LogP contribution in [0.15, 0.2) is 41.8 Å². The molecule has 1 aromatic heterocycles. The third kappa shape index (κ3) is 3.94. The zero-order chi connectivity index (χ0) is 20.6. The standard InChI is InChI=1S/C22H25FN2O3S/c1-22(28)11-12-25(21(27)15-4-2-5-15)18(17-6-3-13-29-17)19(22)24-20(26)14-7-9-16(23)10-8-14/h3,6-10,13,15,18-19,28H,2,4-5,11-12H2,1H3,(H,24,26). The molecule has 0 spiro atoms. The number of likely N-dealkylation sites (tertiary alicyclic amines) is 1. The van der Waals surface area contributed by atoms with E-state index >= 15 is 0 Å². The van der Waals surface area contributed by atoms with E-state index in [0.717, 1.165) is 24.1 Å². The summed E-state index contributed by atoms with van der Waals surface area (Å²) in [6.45, 7) is 2.15. The molecule has 1 saturated carbocycles. The van der Waals surface area contributed by atoms with Crippen LogP contribution in [0, 0.1) is 11.7 Å². The van der Waals surface area contributed by atoms with Gasteiger partial charge in [-0.25, -0.2) is 4.39 Å². The average Bonchev–Trinajstić information content (AvgIpc) is 3.16. The van der Waals surface area contributed by atoms with Gasteiger partial charge in [-0.1, -0.05) is 12.5 Å². The van der Waals surface area contributed by atoms with E-state index in [9.17, 15) is 19.1 Å². The number of piperidine rings is 1. The van der Waals surface area contributed by atoms with Crippen LogP contribution < -0.4 is 5.32 Å². The van der Waals surface area contributed by atoms with E-state index in [1.165, 1.54) is 35.6 Å². The van der Waals surface area contributed by atoms with Crippen molar-refractivity contribution >= 4 is 23.2 Å². The van der Waals surface area contributed by atoms with E-state index in [4.69, 9.17) is 0 Å². The Labute approximate surface area is 173 Å². The Morgan fingerprint density at radius 3 is 2.55 bits per heavy atom. The van der Waals surface area contributed by atoms with Crippen LogP contribution in [0.1, 0.15) is 53.9 Å². The summed E-state index contributed by atoms with van der Waals surface area (Å²) in [6.07, 6.45) is 3.24. The Hall–Kier alpha value is -2.25. The van der Waals surface area contributed by atoms with Gasteiger partial charge in [0.2, 0.25) is 5.91 Å². The van der Waals surface area contributed by atoms with Crippen LogP contribution in [0.5, 0.6) is 0 Å². The maximum atomic E-state index is 13.2. The molecule has 5 nitrogen and oxygen atoms in total. The molecule has 1 aliphatic heterocycles. The van der Waals surface area contributed by atoms with E-state index in [1.807, 2.05) is 22.4 Å². The third-order valence-electron chi connectivity index (χ3n) is 6.15. The molecule has 2 amide bonds. The third-order valence-corrected chi connectivity index (χ3v) is 7.09. The molecule has 154 valence electrons. The summed E-state index contributed by atoms with van der Waals surface area (Å²) in [5.41, 5.74) is -0.865. The number of carbonyl (C=O) groups excluding carboxylic acids is 2. The van der Waals surface area contributed by atoms with Crippen molar-refractivity contribution in [3.05, 3.63) is 58.0 Å². The number of rotatable bonds is 4. The minimum atomic E-state index is -1.18. The molecule has 2 aliphatic rings. The highest BCUT2D eigenvalue weighted by molar-refractivity contribution is 7.10. The SMILES string of the molecule is CC1(O)CCN(C(=O)C2CCC2)C(c2cccs2)C1NC(=O)c1ccc(F)cc1. The number of benzene rings is 1. The van der Waals surface area contributed by atoms with Crippen LogP contribution >= 0.6 is 11.3 Å². The summed E-state index contributed by atoms with van der Waals surface area (Å²) in [5, 5.41) is 16.0. The molecule has 1 aliphatic carbocycles. The van der Waals surface area contributed by atoms with Gasteiger partial charge in [0.15, 0.2) is 0 Å². The van der Waals surface area contributed by atoms with Crippen molar-refractivity contribution in [2.75, 3.05) is 6.54 Å². The molecule has 1 saturated heterocycles. The van der Waals surface area contributed by atoms with E-state index < -0.39 is 29.4 Å². The molecule has 4 rings (SSSR count). The number of aliphatic hydroxyl groups is 1. The van der Waals surface area contributed by atoms with Crippen molar-refractivity contribution < 1.29 is 19.1 Å². The lowest BCUT2D eigenvalue weighted by atomic mass is 9.78. The topological polar surface area (TPSA) is 69.6 Å². The number of nitrogens with zero attached hydrogens (tertiary/aromatic N) is 1. The Kier molecular flexibility index (Phi) is 5.44. The Balaban J connectivity index is 1.66. The highest BCUT2D eigenvalue weighted by atomic mass is 32.1.